The highest BCUT2D eigenvalue weighted by atomic mass is 32.1. The van der Waals surface area contributed by atoms with E-state index in [-0.39, 0.29) is 6.61 Å². The minimum atomic E-state index is -0.973. The number of ether oxygens (including phenoxy) is 2. The maximum Gasteiger partial charge on any atom is 0.341 e. The Hall–Kier alpha value is -5.55. The van der Waals surface area contributed by atoms with Crippen molar-refractivity contribution in [3.63, 3.8) is 0 Å². The Bertz CT molecular complexity index is 1900. The molecule has 0 fully saturated rings. The Labute approximate surface area is 276 Å². The monoisotopic (exact) mass is 647 g/mol. The Morgan fingerprint density at radius 2 is 1.66 bits per heavy atom. The minimum absolute atomic E-state index is 0.209. The number of hydrogen-bond donors (Lipinski definition) is 2. The summed E-state index contributed by atoms with van der Waals surface area (Å²) in [6.07, 6.45) is 6.75. The number of rotatable bonds is 10. The van der Waals surface area contributed by atoms with Crippen LogP contribution in [0.15, 0.2) is 96.2 Å². The molecule has 11 heteroatoms. The molecule has 2 N–H and O–H groups in total. The zero-order valence-electron chi connectivity index (χ0n) is 25.8. The van der Waals surface area contributed by atoms with Crippen molar-refractivity contribution in [2.75, 3.05) is 11.9 Å². The van der Waals surface area contributed by atoms with Crippen molar-refractivity contribution < 1.29 is 23.9 Å². The van der Waals surface area contributed by atoms with Crippen LogP contribution in [0.1, 0.15) is 51.7 Å². The van der Waals surface area contributed by atoms with Crippen molar-refractivity contribution in [1.29, 1.82) is 0 Å². The van der Waals surface area contributed by atoms with Gasteiger partial charge in [0.15, 0.2) is 0 Å². The summed E-state index contributed by atoms with van der Waals surface area (Å²) in [6, 6.07) is 27.1. The third-order valence-electron chi connectivity index (χ3n) is 7.59. The maximum absolute atomic E-state index is 12.9. The molecule has 0 aliphatic heterocycles. The average molecular weight is 648 g/mol. The lowest BCUT2D eigenvalue weighted by molar-refractivity contribution is -0.136. The second kappa shape index (κ2) is 14.7. The zero-order chi connectivity index (χ0) is 32.6. The quantitative estimate of drug-likeness (QED) is 0.0791. The van der Waals surface area contributed by atoms with Crippen LogP contribution < -0.4 is 15.5 Å². The molecule has 1 aliphatic rings. The molecular weight excluding hydrogens is 614 g/mol. The van der Waals surface area contributed by atoms with Crippen LogP contribution in [0.4, 0.5) is 5.00 Å². The second-order valence-electron chi connectivity index (χ2n) is 10.8. The van der Waals surface area contributed by atoms with Crippen molar-refractivity contribution in [3.8, 4) is 22.7 Å². The van der Waals surface area contributed by atoms with Crippen molar-refractivity contribution in [2.45, 2.75) is 39.2 Å². The summed E-state index contributed by atoms with van der Waals surface area (Å²) >= 11 is 1.31. The van der Waals surface area contributed by atoms with Gasteiger partial charge in [-0.1, -0.05) is 48.5 Å². The Balaban J connectivity index is 1.17. The van der Waals surface area contributed by atoms with Gasteiger partial charge < -0.3 is 14.8 Å². The minimum Gasteiger partial charge on any atom is -0.489 e. The van der Waals surface area contributed by atoms with Crippen molar-refractivity contribution in [1.82, 2.24) is 15.2 Å². The van der Waals surface area contributed by atoms with E-state index < -0.39 is 17.8 Å². The third kappa shape index (κ3) is 7.47. The fraction of sp³-hybridized carbons (Fsp3) is 0.194. The maximum atomic E-state index is 12.9. The van der Waals surface area contributed by atoms with Gasteiger partial charge in [0.25, 0.3) is 0 Å². The molecule has 3 aromatic carbocycles. The molecule has 6 rings (SSSR count). The number of amides is 2. The number of aromatic nitrogens is 2. The zero-order valence-corrected chi connectivity index (χ0v) is 26.6. The number of hydrogen-bond acceptors (Lipinski definition) is 8. The first-order chi connectivity index (χ1) is 23.0. The molecular formula is C36H33N5O5S. The Morgan fingerprint density at radius 1 is 0.936 bits per heavy atom. The van der Waals surface area contributed by atoms with Crippen LogP contribution in [0, 0.1) is 0 Å². The molecule has 2 heterocycles. The highest BCUT2D eigenvalue weighted by Crippen LogP contribution is 2.38. The van der Waals surface area contributed by atoms with Crippen molar-refractivity contribution in [3.05, 3.63) is 118 Å². The first kappa shape index (κ1) is 31.4. The average Bonchev–Trinajstić information content (AvgIpc) is 3.70. The fourth-order valence-electron chi connectivity index (χ4n) is 5.31. The van der Waals surface area contributed by atoms with E-state index in [1.54, 1.807) is 17.8 Å². The topological polar surface area (TPSA) is 124 Å². The van der Waals surface area contributed by atoms with Gasteiger partial charge in [-0.15, -0.1) is 11.3 Å². The van der Waals surface area contributed by atoms with Gasteiger partial charge in [-0.2, -0.15) is 10.2 Å². The number of hydrazone groups is 1. The normalized spacial score (nSPS) is 12.4. The summed E-state index contributed by atoms with van der Waals surface area (Å²) in [6.45, 7) is 2.39. The summed E-state index contributed by atoms with van der Waals surface area (Å²) in [5, 5.41) is 11.8. The molecule has 2 amide bonds. The van der Waals surface area contributed by atoms with E-state index in [9.17, 15) is 14.4 Å². The highest BCUT2D eigenvalue weighted by molar-refractivity contribution is 7.17. The van der Waals surface area contributed by atoms with Gasteiger partial charge in [-0.25, -0.2) is 14.9 Å². The van der Waals surface area contributed by atoms with Crippen molar-refractivity contribution >= 4 is 40.3 Å². The van der Waals surface area contributed by atoms with Crippen LogP contribution in [0.5, 0.6) is 5.75 Å². The number of carbonyl (C=O) groups is 3. The van der Waals surface area contributed by atoms with Crippen LogP contribution >= 0.6 is 11.3 Å². The number of thiophene rings is 1. The number of para-hydroxylation sites is 1. The molecule has 1 aliphatic carbocycles. The molecule has 0 saturated carbocycles. The number of esters is 1. The SMILES string of the molecule is CCOC(=O)c1c(NC(=O)C(=O)N/N=C\c2cn(-c3ccccc3)nc2-c2ccc(OCc3ccccc3)cc2)sc2c1CCCC2. The van der Waals surface area contributed by atoms with E-state index in [0.29, 0.717) is 34.2 Å². The van der Waals surface area contributed by atoms with Crippen LogP contribution in [0.25, 0.3) is 16.9 Å². The van der Waals surface area contributed by atoms with Crippen LogP contribution in [-0.2, 0) is 33.8 Å². The molecule has 0 spiro atoms. The van der Waals surface area contributed by atoms with E-state index in [1.807, 2.05) is 84.9 Å². The van der Waals surface area contributed by atoms with Gasteiger partial charge >= 0.3 is 17.8 Å². The molecule has 5 aromatic rings. The molecule has 0 unspecified atom stereocenters. The molecule has 10 nitrogen and oxygen atoms in total. The highest BCUT2D eigenvalue weighted by Gasteiger charge is 2.28. The molecule has 0 saturated heterocycles. The number of nitrogens with one attached hydrogen (secondary N) is 2. The number of anilines is 1. The van der Waals surface area contributed by atoms with Gasteiger partial charge in [0, 0.05) is 22.2 Å². The number of fused-ring (bicyclic) bond motifs is 1. The van der Waals surface area contributed by atoms with Crippen LogP contribution in [0.2, 0.25) is 0 Å². The van der Waals surface area contributed by atoms with E-state index in [4.69, 9.17) is 14.6 Å². The predicted octanol–water partition coefficient (Wildman–Crippen LogP) is 6.32. The largest absolute Gasteiger partial charge is 0.489 e. The standard InChI is InChI=1S/C36H33N5O5S/c1-2-45-36(44)31-29-15-9-10-16-30(29)47-35(31)38-33(42)34(43)39-37-21-26-22-41(27-13-7-4-8-14-27)40-32(26)25-17-19-28(20-18-25)46-23-24-11-5-3-6-12-24/h3-8,11-14,17-22H,2,9-10,15-16,23H2,1H3,(H,38,42)(H,39,43)/b37-21-. The lowest BCUT2D eigenvalue weighted by atomic mass is 9.95. The molecule has 47 heavy (non-hydrogen) atoms. The summed E-state index contributed by atoms with van der Waals surface area (Å²) < 4.78 is 12.9. The number of aryl methyl sites for hydroxylation is 1. The first-order valence-electron chi connectivity index (χ1n) is 15.4. The van der Waals surface area contributed by atoms with E-state index in [0.717, 1.165) is 52.9 Å². The molecule has 238 valence electrons. The first-order valence-corrected chi connectivity index (χ1v) is 16.2. The summed E-state index contributed by atoms with van der Waals surface area (Å²) in [4.78, 5) is 39.4. The van der Waals surface area contributed by atoms with Gasteiger partial charge in [-0.05, 0) is 80.1 Å². The molecule has 0 bridgehead atoms. The predicted molar refractivity (Wildman–Crippen MR) is 181 cm³/mol. The van der Waals surface area contributed by atoms with Gasteiger partial charge in [0.1, 0.15) is 23.1 Å². The van der Waals surface area contributed by atoms with Crippen molar-refractivity contribution in [2.24, 2.45) is 5.10 Å². The van der Waals surface area contributed by atoms with Crippen LogP contribution in [-0.4, -0.2) is 40.4 Å². The number of benzene rings is 3. The van der Waals surface area contributed by atoms with Gasteiger partial charge in [0.05, 0.1) is 24.1 Å². The van der Waals surface area contributed by atoms with E-state index >= 15 is 0 Å². The van der Waals surface area contributed by atoms with Gasteiger partial charge in [-0.3, -0.25) is 9.59 Å². The van der Waals surface area contributed by atoms with Gasteiger partial charge in [0.2, 0.25) is 0 Å². The summed E-state index contributed by atoms with van der Waals surface area (Å²) in [5.41, 5.74) is 7.50. The van der Waals surface area contributed by atoms with Crippen LogP contribution in [0.3, 0.4) is 0 Å². The third-order valence-corrected chi connectivity index (χ3v) is 8.80. The Kier molecular flexibility index (Phi) is 9.83. The number of carbonyl (C=O) groups excluding carboxylic acids is 3. The molecule has 2 aromatic heterocycles. The smallest absolute Gasteiger partial charge is 0.341 e. The van der Waals surface area contributed by atoms with E-state index in [1.165, 1.54) is 17.6 Å². The van der Waals surface area contributed by atoms with E-state index in [2.05, 4.69) is 15.8 Å². The summed E-state index contributed by atoms with van der Waals surface area (Å²) in [5.74, 6) is -1.69. The Morgan fingerprint density at radius 3 is 2.40 bits per heavy atom. The molecule has 0 radical (unpaired) electrons. The second-order valence-corrected chi connectivity index (χ2v) is 11.9. The lowest BCUT2D eigenvalue weighted by Crippen LogP contribution is -2.32. The lowest BCUT2D eigenvalue weighted by Gasteiger charge is -2.12. The fourth-order valence-corrected chi connectivity index (χ4v) is 6.59. The summed E-state index contributed by atoms with van der Waals surface area (Å²) in [7, 11) is 0. The molecule has 0 atom stereocenters. The number of nitrogens with zero attached hydrogens (tertiary/aromatic N) is 3.